The molecule has 2 atom stereocenters. The Balaban J connectivity index is 1.63. The van der Waals surface area contributed by atoms with Gasteiger partial charge in [0.15, 0.2) is 0 Å². The minimum Gasteiger partial charge on any atom is -0.497 e. The van der Waals surface area contributed by atoms with E-state index in [0.717, 1.165) is 37.4 Å². The summed E-state index contributed by atoms with van der Waals surface area (Å²) in [7, 11) is 1.65. The fourth-order valence-electron chi connectivity index (χ4n) is 3.23. The van der Waals surface area contributed by atoms with Crippen LogP contribution in [0.3, 0.4) is 0 Å². The summed E-state index contributed by atoms with van der Waals surface area (Å²) in [6.07, 6.45) is 2.31. The molecular weight excluding hydrogens is 254 g/mol. The summed E-state index contributed by atoms with van der Waals surface area (Å²) in [6, 6.07) is 8.48. The van der Waals surface area contributed by atoms with Crippen LogP contribution in [0, 0.1) is 5.92 Å². The molecular formula is C16H21NO3. The molecule has 0 aromatic heterocycles. The molecule has 2 aliphatic rings. The predicted octanol–water partition coefficient (Wildman–Crippen LogP) is 1.57. The van der Waals surface area contributed by atoms with Crippen molar-refractivity contribution in [3.8, 4) is 5.75 Å². The van der Waals surface area contributed by atoms with Crippen LogP contribution in [0.25, 0.3) is 0 Å². The third kappa shape index (κ3) is 3.02. The van der Waals surface area contributed by atoms with Crippen LogP contribution in [0.5, 0.6) is 5.75 Å². The van der Waals surface area contributed by atoms with Gasteiger partial charge in [-0.05, 0) is 30.5 Å². The standard InChI is InChI=1S/C16H21NO3/c1-19-15-4-2-3-11(5-15)6-16(18)12-7-13-9-20-10-14(8-12)17-13/h2-5,12-14,17H,6-10H2,1H3. The number of nitrogens with one attached hydrogen (secondary N) is 1. The molecule has 1 aromatic carbocycles. The first kappa shape index (κ1) is 13.6. The number of methoxy groups -OCH3 is 1. The van der Waals surface area contributed by atoms with Crippen LogP contribution in [-0.2, 0) is 16.0 Å². The Morgan fingerprint density at radius 1 is 1.35 bits per heavy atom. The number of ether oxygens (including phenoxy) is 2. The number of rotatable bonds is 4. The molecule has 4 nitrogen and oxygen atoms in total. The van der Waals surface area contributed by atoms with Crippen LogP contribution in [0.15, 0.2) is 24.3 Å². The van der Waals surface area contributed by atoms with Gasteiger partial charge in [-0.1, -0.05) is 12.1 Å². The number of carbonyl (C=O) groups excluding carboxylic acids is 1. The Labute approximate surface area is 119 Å². The molecule has 2 fully saturated rings. The number of hydrogen-bond donors (Lipinski definition) is 1. The van der Waals surface area contributed by atoms with Crippen molar-refractivity contribution in [3.63, 3.8) is 0 Å². The molecule has 20 heavy (non-hydrogen) atoms. The van der Waals surface area contributed by atoms with Gasteiger partial charge in [-0.3, -0.25) is 4.79 Å². The normalized spacial score (nSPS) is 28.9. The largest absolute Gasteiger partial charge is 0.497 e. The number of morpholine rings is 1. The quantitative estimate of drug-likeness (QED) is 0.906. The van der Waals surface area contributed by atoms with Gasteiger partial charge in [0.25, 0.3) is 0 Å². The van der Waals surface area contributed by atoms with Gasteiger partial charge in [0.1, 0.15) is 11.5 Å². The first-order valence-corrected chi connectivity index (χ1v) is 7.24. The van der Waals surface area contributed by atoms with Gasteiger partial charge >= 0.3 is 0 Å². The van der Waals surface area contributed by atoms with Crippen molar-refractivity contribution in [3.05, 3.63) is 29.8 Å². The first-order chi connectivity index (χ1) is 9.74. The lowest BCUT2D eigenvalue weighted by Gasteiger charge is -2.39. The number of piperidine rings is 1. The third-order valence-corrected chi connectivity index (χ3v) is 4.22. The molecule has 2 bridgehead atoms. The number of hydrogen-bond acceptors (Lipinski definition) is 4. The van der Waals surface area contributed by atoms with Crippen molar-refractivity contribution < 1.29 is 14.3 Å². The highest BCUT2D eigenvalue weighted by Crippen LogP contribution is 2.26. The second kappa shape index (κ2) is 5.94. The van der Waals surface area contributed by atoms with E-state index in [0.29, 0.717) is 24.3 Å². The van der Waals surface area contributed by atoms with E-state index in [1.165, 1.54) is 0 Å². The minimum absolute atomic E-state index is 0.168. The van der Waals surface area contributed by atoms with Gasteiger partial charge in [-0.25, -0.2) is 0 Å². The van der Waals surface area contributed by atoms with Crippen LogP contribution in [0.2, 0.25) is 0 Å². The topological polar surface area (TPSA) is 47.6 Å². The Bertz CT molecular complexity index is 476. The molecule has 2 unspecified atom stereocenters. The summed E-state index contributed by atoms with van der Waals surface area (Å²) < 4.78 is 10.7. The Kier molecular flexibility index (Phi) is 4.03. The summed E-state index contributed by atoms with van der Waals surface area (Å²) in [4.78, 5) is 12.5. The highest BCUT2D eigenvalue weighted by Gasteiger charge is 2.34. The van der Waals surface area contributed by atoms with Gasteiger partial charge < -0.3 is 14.8 Å². The van der Waals surface area contributed by atoms with Crippen molar-refractivity contribution in [1.82, 2.24) is 5.32 Å². The van der Waals surface area contributed by atoms with Gasteiger partial charge in [0.05, 0.1) is 20.3 Å². The van der Waals surface area contributed by atoms with Crippen LogP contribution < -0.4 is 10.1 Å². The SMILES string of the molecule is COc1cccc(CC(=O)C2CC3COCC(C2)N3)c1. The van der Waals surface area contributed by atoms with Crippen LogP contribution in [0.4, 0.5) is 0 Å². The Morgan fingerprint density at radius 3 is 2.80 bits per heavy atom. The summed E-state index contributed by atoms with van der Waals surface area (Å²) in [5, 5.41) is 3.52. The van der Waals surface area contributed by atoms with Crippen LogP contribution >= 0.6 is 0 Å². The maximum Gasteiger partial charge on any atom is 0.140 e. The lowest BCUT2D eigenvalue weighted by molar-refractivity contribution is -0.125. The van der Waals surface area contributed by atoms with E-state index in [1.807, 2.05) is 24.3 Å². The summed E-state index contributed by atoms with van der Waals surface area (Å²) in [6.45, 7) is 1.47. The number of Topliss-reactive ketones (excluding diaryl/α,β-unsaturated/α-hetero) is 1. The van der Waals surface area contributed by atoms with Gasteiger partial charge in [0, 0.05) is 24.4 Å². The number of ketones is 1. The van der Waals surface area contributed by atoms with E-state index < -0.39 is 0 Å². The lowest BCUT2D eigenvalue weighted by atomic mass is 9.82. The summed E-state index contributed by atoms with van der Waals surface area (Å²) in [5.41, 5.74) is 1.04. The molecule has 4 heteroatoms. The fourth-order valence-corrected chi connectivity index (χ4v) is 3.23. The van der Waals surface area contributed by atoms with E-state index in [1.54, 1.807) is 7.11 Å². The van der Waals surface area contributed by atoms with Gasteiger partial charge in [-0.15, -0.1) is 0 Å². The van der Waals surface area contributed by atoms with Crippen molar-refractivity contribution >= 4 is 5.78 Å². The second-order valence-corrected chi connectivity index (χ2v) is 5.76. The molecule has 1 aromatic rings. The smallest absolute Gasteiger partial charge is 0.140 e. The monoisotopic (exact) mass is 275 g/mol. The van der Waals surface area contributed by atoms with Crippen LogP contribution in [-0.4, -0.2) is 38.2 Å². The van der Waals surface area contributed by atoms with Crippen molar-refractivity contribution in [2.24, 2.45) is 5.92 Å². The molecule has 2 heterocycles. The molecule has 0 amide bonds. The van der Waals surface area contributed by atoms with Crippen molar-refractivity contribution in [2.45, 2.75) is 31.3 Å². The minimum atomic E-state index is 0.168. The van der Waals surface area contributed by atoms with E-state index >= 15 is 0 Å². The molecule has 1 N–H and O–H groups in total. The molecule has 0 radical (unpaired) electrons. The molecule has 0 aliphatic carbocycles. The lowest BCUT2D eigenvalue weighted by Crippen LogP contribution is -2.55. The zero-order valence-corrected chi connectivity index (χ0v) is 11.8. The van der Waals surface area contributed by atoms with E-state index in [2.05, 4.69) is 5.32 Å². The second-order valence-electron chi connectivity index (χ2n) is 5.76. The maximum atomic E-state index is 12.5. The maximum absolute atomic E-state index is 12.5. The summed E-state index contributed by atoms with van der Waals surface area (Å²) >= 11 is 0. The van der Waals surface area contributed by atoms with Crippen LogP contribution in [0.1, 0.15) is 18.4 Å². The fraction of sp³-hybridized carbons (Fsp3) is 0.562. The highest BCUT2D eigenvalue weighted by molar-refractivity contribution is 5.83. The van der Waals surface area contributed by atoms with E-state index in [-0.39, 0.29) is 5.92 Å². The molecule has 108 valence electrons. The molecule has 0 saturated carbocycles. The average molecular weight is 275 g/mol. The molecule has 0 spiro atoms. The van der Waals surface area contributed by atoms with E-state index in [4.69, 9.17) is 9.47 Å². The first-order valence-electron chi connectivity index (χ1n) is 7.24. The Morgan fingerprint density at radius 2 is 2.10 bits per heavy atom. The zero-order chi connectivity index (χ0) is 13.9. The van der Waals surface area contributed by atoms with Gasteiger partial charge in [0.2, 0.25) is 0 Å². The molecule has 2 aliphatic heterocycles. The average Bonchev–Trinajstić information content (AvgIpc) is 2.47. The molecule has 3 rings (SSSR count). The number of carbonyl (C=O) groups is 1. The Hall–Kier alpha value is -1.39. The van der Waals surface area contributed by atoms with E-state index in [9.17, 15) is 4.79 Å². The van der Waals surface area contributed by atoms with Gasteiger partial charge in [-0.2, -0.15) is 0 Å². The predicted molar refractivity (Wildman–Crippen MR) is 76.0 cm³/mol. The zero-order valence-electron chi connectivity index (χ0n) is 11.8. The highest BCUT2D eigenvalue weighted by atomic mass is 16.5. The third-order valence-electron chi connectivity index (χ3n) is 4.22. The van der Waals surface area contributed by atoms with Crippen molar-refractivity contribution in [1.29, 1.82) is 0 Å². The van der Waals surface area contributed by atoms with Crippen molar-refractivity contribution in [2.75, 3.05) is 20.3 Å². The number of fused-ring (bicyclic) bond motifs is 2. The molecule has 2 saturated heterocycles. The number of benzene rings is 1. The summed E-state index contributed by atoms with van der Waals surface area (Å²) in [5.74, 6) is 1.32.